The summed E-state index contributed by atoms with van der Waals surface area (Å²) in [5, 5.41) is 2.87. The van der Waals surface area contributed by atoms with Gasteiger partial charge in [-0.2, -0.15) is 0 Å². The summed E-state index contributed by atoms with van der Waals surface area (Å²) in [6.07, 6.45) is -0.0943. The van der Waals surface area contributed by atoms with Crippen LogP contribution in [0.1, 0.15) is 29.8 Å². The van der Waals surface area contributed by atoms with E-state index in [0.29, 0.717) is 18.7 Å². The third kappa shape index (κ3) is 3.78. The second kappa shape index (κ2) is 5.61. The number of benzene rings is 1. The number of ether oxygens (including phenoxy) is 2. The fraction of sp³-hybridized carbons (Fsp3) is 0.500. The normalized spacial score (nSPS) is 21.4. The van der Waals surface area contributed by atoms with Crippen LogP contribution in [-0.4, -0.2) is 30.9 Å². The topological polar surface area (TPSA) is 47.6 Å². The molecule has 1 heterocycles. The van der Waals surface area contributed by atoms with E-state index in [1.165, 1.54) is 0 Å². The van der Waals surface area contributed by atoms with E-state index in [4.69, 9.17) is 9.47 Å². The summed E-state index contributed by atoms with van der Waals surface area (Å²) in [5.74, 6) is -0.667. The Morgan fingerprint density at radius 3 is 2.84 bits per heavy atom. The van der Waals surface area contributed by atoms with Crippen LogP contribution in [0.15, 0.2) is 22.7 Å². The lowest BCUT2D eigenvalue weighted by atomic mass is 10.1. The SMILES string of the molecule is Cc1ccc(C(=O)NCC2COC(C)(C)O2)c(Br)c1. The van der Waals surface area contributed by atoms with E-state index in [2.05, 4.69) is 21.2 Å². The third-order valence-electron chi connectivity index (χ3n) is 2.93. The minimum absolute atomic E-state index is 0.0943. The van der Waals surface area contributed by atoms with E-state index in [9.17, 15) is 4.79 Å². The molecule has 1 aliphatic heterocycles. The lowest BCUT2D eigenvalue weighted by Gasteiger charge is -2.17. The fourth-order valence-electron chi connectivity index (χ4n) is 1.97. The van der Waals surface area contributed by atoms with Gasteiger partial charge in [-0.05, 0) is 54.4 Å². The first-order chi connectivity index (χ1) is 8.87. The molecule has 4 nitrogen and oxygen atoms in total. The van der Waals surface area contributed by atoms with Gasteiger partial charge in [0, 0.05) is 11.0 Å². The minimum Gasteiger partial charge on any atom is -0.349 e. The Morgan fingerprint density at radius 2 is 2.26 bits per heavy atom. The number of aryl methyl sites for hydroxylation is 1. The highest BCUT2D eigenvalue weighted by Crippen LogP contribution is 2.22. The van der Waals surface area contributed by atoms with Crippen LogP contribution in [0.2, 0.25) is 0 Å². The number of nitrogens with one attached hydrogen (secondary N) is 1. The molecule has 5 heteroatoms. The summed E-state index contributed by atoms with van der Waals surface area (Å²) >= 11 is 3.40. The van der Waals surface area contributed by atoms with Crippen molar-refractivity contribution in [3.63, 3.8) is 0 Å². The van der Waals surface area contributed by atoms with Crippen molar-refractivity contribution in [1.29, 1.82) is 0 Å². The summed E-state index contributed by atoms with van der Waals surface area (Å²) in [6.45, 7) is 6.67. The second-order valence-corrected chi connectivity index (χ2v) is 6.00. The van der Waals surface area contributed by atoms with Gasteiger partial charge in [0.05, 0.1) is 12.2 Å². The van der Waals surface area contributed by atoms with Crippen LogP contribution in [0.25, 0.3) is 0 Å². The average Bonchev–Trinajstić information content (AvgIpc) is 2.66. The molecule has 1 atom stereocenters. The van der Waals surface area contributed by atoms with Crippen molar-refractivity contribution in [2.75, 3.05) is 13.2 Å². The van der Waals surface area contributed by atoms with Crippen LogP contribution in [0.3, 0.4) is 0 Å². The molecule has 0 aliphatic carbocycles. The zero-order valence-corrected chi connectivity index (χ0v) is 12.9. The van der Waals surface area contributed by atoms with Crippen molar-refractivity contribution < 1.29 is 14.3 Å². The van der Waals surface area contributed by atoms with E-state index in [0.717, 1.165) is 10.0 Å². The lowest BCUT2D eigenvalue weighted by Crippen LogP contribution is -2.34. The molecule has 1 amide bonds. The van der Waals surface area contributed by atoms with Gasteiger partial charge in [-0.15, -0.1) is 0 Å². The molecule has 0 bridgehead atoms. The van der Waals surface area contributed by atoms with Gasteiger partial charge in [0.2, 0.25) is 0 Å². The summed E-state index contributed by atoms with van der Waals surface area (Å²) in [7, 11) is 0. The van der Waals surface area contributed by atoms with Gasteiger partial charge in [-0.3, -0.25) is 4.79 Å². The molecular weight excluding hydrogens is 310 g/mol. The highest BCUT2D eigenvalue weighted by Gasteiger charge is 2.32. The van der Waals surface area contributed by atoms with Crippen LogP contribution < -0.4 is 5.32 Å². The number of halogens is 1. The van der Waals surface area contributed by atoms with Crippen LogP contribution in [0.5, 0.6) is 0 Å². The van der Waals surface area contributed by atoms with Crippen LogP contribution >= 0.6 is 15.9 Å². The highest BCUT2D eigenvalue weighted by molar-refractivity contribution is 9.10. The van der Waals surface area contributed by atoms with Gasteiger partial charge in [0.1, 0.15) is 6.10 Å². The fourth-order valence-corrected chi connectivity index (χ4v) is 2.64. The summed E-state index contributed by atoms with van der Waals surface area (Å²) in [6, 6.07) is 5.65. The molecule has 1 fully saturated rings. The summed E-state index contributed by atoms with van der Waals surface area (Å²) in [4.78, 5) is 12.1. The minimum atomic E-state index is -0.556. The largest absolute Gasteiger partial charge is 0.349 e. The predicted octanol–water partition coefficient (Wildman–Crippen LogP) is 2.64. The van der Waals surface area contributed by atoms with E-state index in [1.807, 2.05) is 39.0 Å². The van der Waals surface area contributed by atoms with E-state index in [1.54, 1.807) is 0 Å². The molecular formula is C14H18BrNO3. The molecule has 1 saturated heterocycles. The third-order valence-corrected chi connectivity index (χ3v) is 3.58. The Labute approximate surface area is 121 Å². The average molecular weight is 328 g/mol. The van der Waals surface area contributed by atoms with Gasteiger partial charge in [0.25, 0.3) is 5.91 Å². The molecule has 104 valence electrons. The number of carbonyl (C=O) groups excluding carboxylic acids is 1. The number of hydrogen-bond acceptors (Lipinski definition) is 3. The molecule has 0 radical (unpaired) electrons. The van der Waals surface area contributed by atoms with Gasteiger partial charge in [-0.25, -0.2) is 0 Å². The molecule has 19 heavy (non-hydrogen) atoms. The van der Waals surface area contributed by atoms with Crippen LogP contribution in [-0.2, 0) is 9.47 Å². The summed E-state index contributed by atoms with van der Waals surface area (Å²) < 4.78 is 11.9. The van der Waals surface area contributed by atoms with Crippen molar-refractivity contribution in [3.8, 4) is 0 Å². The number of rotatable bonds is 3. The maximum atomic E-state index is 12.1. The second-order valence-electron chi connectivity index (χ2n) is 5.14. The van der Waals surface area contributed by atoms with Gasteiger partial charge < -0.3 is 14.8 Å². The number of carbonyl (C=O) groups is 1. The monoisotopic (exact) mass is 327 g/mol. The van der Waals surface area contributed by atoms with Gasteiger partial charge in [0.15, 0.2) is 5.79 Å². The Balaban J connectivity index is 1.91. The standard InChI is InChI=1S/C14H18BrNO3/c1-9-4-5-11(12(15)6-9)13(17)16-7-10-8-18-14(2,3)19-10/h4-6,10H,7-8H2,1-3H3,(H,16,17). The molecule has 0 aromatic heterocycles. The van der Waals surface area contributed by atoms with Crippen molar-refractivity contribution in [1.82, 2.24) is 5.32 Å². The maximum absolute atomic E-state index is 12.1. The highest BCUT2D eigenvalue weighted by atomic mass is 79.9. The molecule has 1 aromatic rings. The quantitative estimate of drug-likeness (QED) is 0.928. The first-order valence-electron chi connectivity index (χ1n) is 6.23. The van der Waals surface area contributed by atoms with Crippen LogP contribution in [0, 0.1) is 6.92 Å². The Morgan fingerprint density at radius 1 is 1.53 bits per heavy atom. The first-order valence-corrected chi connectivity index (χ1v) is 7.03. The van der Waals surface area contributed by atoms with E-state index >= 15 is 0 Å². The van der Waals surface area contributed by atoms with Crippen molar-refractivity contribution >= 4 is 21.8 Å². The predicted molar refractivity (Wildman–Crippen MR) is 76.1 cm³/mol. The Bertz CT molecular complexity index is 488. The van der Waals surface area contributed by atoms with Crippen molar-refractivity contribution in [3.05, 3.63) is 33.8 Å². The smallest absolute Gasteiger partial charge is 0.252 e. The zero-order chi connectivity index (χ0) is 14.0. The van der Waals surface area contributed by atoms with Gasteiger partial charge in [-0.1, -0.05) is 6.07 Å². The molecule has 1 aliphatic rings. The van der Waals surface area contributed by atoms with E-state index < -0.39 is 5.79 Å². The van der Waals surface area contributed by atoms with Crippen molar-refractivity contribution in [2.45, 2.75) is 32.7 Å². The summed E-state index contributed by atoms with van der Waals surface area (Å²) in [5.41, 5.74) is 1.74. The maximum Gasteiger partial charge on any atom is 0.252 e. The molecule has 1 unspecified atom stereocenters. The number of amides is 1. The van der Waals surface area contributed by atoms with Crippen LogP contribution in [0.4, 0.5) is 0 Å². The zero-order valence-electron chi connectivity index (χ0n) is 11.3. The van der Waals surface area contributed by atoms with Gasteiger partial charge >= 0.3 is 0 Å². The molecule has 1 aromatic carbocycles. The molecule has 1 N–H and O–H groups in total. The molecule has 2 rings (SSSR count). The number of hydrogen-bond donors (Lipinski definition) is 1. The van der Waals surface area contributed by atoms with Crippen molar-refractivity contribution in [2.24, 2.45) is 0 Å². The molecule has 0 saturated carbocycles. The lowest BCUT2D eigenvalue weighted by molar-refractivity contribution is -0.137. The molecule has 0 spiro atoms. The Kier molecular flexibility index (Phi) is 4.28. The van der Waals surface area contributed by atoms with E-state index in [-0.39, 0.29) is 12.0 Å². The Hall–Kier alpha value is -0.910. The first kappa shape index (κ1) is 14.5.